The molecule has 1 aromatic carbocycles. The summed E-state index contributed by atoms with van der Waals surface area (Å²) in [4.78, 5) is 23.0. The fraction of sp³-hybridized carbons (Fsp3) is 0.300. The third-order valence-electron chi connectivity index (χ3n) is 2.00. The normalized spacial score (nSPS) is 11.9. The lowest BCUT2D eigenvalue weighted by atomic mass is 10.1. The largest absolute Gasteiger partial charge is 0.343 e. The smallest absolute Gasteiger partial charge is 0.314 e. The molecule has 0 radical (unpaired) electrons. The molecule has 0 fully saturated rings. The number of amides is 1. The van der Waals surface area contributed by atoms with E-state index in [1.807, 2.05) is 0 Å². The first kappa shape index (κ1) is 11.2. The van der Waals surface area contributed by atoms with Crippen molar-refractivity contribution in [2.75, 3.05) is 14.1 Å². The van der Waals surface area contributed by atoms with Gasteiger partial charge < -0.3 is 4.90 Å². The van der Waals surface area contributed by atoms with Crippen molar-refractivity contribution < 1.29 is 9.72 Å². The van der Waals surface area contributed by atoms with Gasteiger partial charge in [0.1, 0.15) is 0 Å². The maximum Gasteiger partial charge on any atom is 0.314 e. The van der Waals surface area contributed by atoms with E-state index >= 15 is 0 Å². The molecule has 1 rings (SSSR count). The van der Waals surface area contributed by atoms with Gasteiger partial charge in [-0.1, -0.05) is 30.3 Å². The van der Waals surface area contributed by atoms with Gasteiger partial charge in [0.05, 0.1) is 0 Å². The van der Waals surface area contributed by atoms with E-state index in [-0.39, 0.29) is 0 Å². The molecule has 0 spiro atoms. The summed E-state index contributed by atoms with van der Waals surface area (Å²) in [7, 11) is 3.00. The van der Waals surface area contributed by atoms with Crippen molar-refractivity contribution in [1.29, 1.82) is 0 Å². The van der Waals surface area contributed by atoms with Crippen LogP contribution >= 0.6 is 0 Å². The van der Waals surface area contributed by atoms with Gasteiger partial charge in [-0.2, -0.15) is 0 Å². The molecule has 0 saturated carbocycles. The Morgan fingerprint density at radius 1 is 1.33 bits per heavy atom. The monoisotopic (exact) mass is 208 g/mol. The number of hydrogen-bond acceptors (Lipinski definition) is 3. The summed E-state index contributed by atoms with van der Waals surface area (Å²) in [5.41, 5.74) is 0.404. The fourth-order valence-electron chi connectivity index (χ4n) is 1.23. The number of carbonyl (C=O) groups is 1. The number of nitro groups is 1. The molecule has 0 aliphatic heterocycles. The second-order valence-corrected chi connectivity index (χ2v) is 3.33. The average Bonchev–Trinajstić information content (AvgIpc) is 2.18. The third-order valence-corrected chi connectivity index (χ3v) is 2.00. The summed E-state index contributed by atoms with van der Waals surface area (Å²) >= 11 is 0. The van der Waals surface area contributed by atoms with E-state index < -0.39 is 16.9 Å². The van der Waals surface area contributed by atoms with E-state index in [4.69, 9.17) is 0 Å². The molecule has 80 valence electrons. The predicted octanol–water partition coefficient (Wildman–Crippen LogP) is 1.09. The van der Waals surface area contributed by atoms with Crippen LogP contribution < -0.4 is 0 Å². The Labute approximate surface area is 87.5 Å². The maximum absolute atomic E-state index is 11.6. The molecule has 1 aromatic rings. The molecule has 0 saturated heterocycles. The van der Waals surface area contributed by atoms with Gasteiger partial charge in [0.2, 0.25) is 0 Å². The van der Waals surface area contributed by atoms with Crippen molar-refractivity contribution in [3.63, 3.8) is 0 Å². The van der Waals surface area contributed by atoms with Crippen LogP contribution in [0.2, 0.25) is 0 Å². The number of rotatable bonds is 3. The zero-order valence-electron chi connectivity index (χ0n) is 8.58. The zero-order chi connectivity index (χ0) is 11.4. The highest BCUT2D eigenvalue weighted by Gasteiger charge is 2.32. The first-order valence-electron chi connectivity index (χ1n) is 4.43. The lowest BCUT2D eigenvalue weighted by molar-refractivity contribution is -0.514. The molecule has 1 unspecified atom stereocenters. The molecule has 0 N–H and O–H groups in total. The summed E-state index contributed by atoms with van der Waals surface area (Å²) < 4.78 is 0. The molecule has 15 heavy (non-hydrogen) atoms. The quantitative estimate of drug-likeness (QED) is 0.551. The Morgan fingerprint density at radius 2 is 1.87 bits per heavy atom. The number of hydrogen-bond donors (Lipinski definition) is 0. The van der Waals surface area contributed by atoms with E-state index in [1.54, 1.807) is 30.3 Å². The van der Waals surface area contributed by atoms with Crippen molar-refractivity contribution >= 4 is 5.91 Å². The van der Waals surface area contributed by atoms with Gasteiger partial charge in [0.25, 0.3) is 0 Å². The minimum Gasteiger partial charge on any atom is -0.343 e. The summed E-state index contributed by atoms with van der Waals surface area (Å²) in [5.74, 6) is -0.522. The van der Waals surface area contributed by atoms with Crippen molar-refractivity contribution in [3.8, 4) is 0 Å². The number of likely N-dealkylation sites (N-methyl/N-ethyl adjacent to an activating group) is 1. The van der Waals surface area contributed by atoms with E-state index in [0.29, 0.717) is 5.56 Å². The molecule has 0 aliphatic carbocycles. The summed E-state index contributed by atoms with van der Waals surface area (Å²) in [5, 5.41) is 10.8. The van der Waals surface area contributed by atoms with E-state index in [2.05, 4.69) is 0 Å². The van der Waals surface area contributed by atoms with Gasteiger partial charge in [0, 0.05) is 24.6 Å². The lowest BCUT2D eigenvalue weighted by Crippen LogP contribution is -2.32. The van der Waals surface area contributed by atoms with E-state index in [0.717, 1.165) is 0 Å². The van der Waals surface area contributed by atoms with Gasteiger partial charge in [-0.25, -0.2) is 0 Å². The van der Waals surface area contributed by atoms with Gasteiger partial charge in [-0.15, -0.1) is 0 Å². The van der Waals surface area contributed by atoms with E-state index in [9.17, 15) is 14.9 Å². The highest BCUT2D eigenvalue weighted by molar-refractivity contribution is 5.81. The summed E-state index contributed by atoms with van der Waals surface area (Å²) in [6.45, 7) is 0. The third kappa shape index (κ3) is 2.52. The summed E-state index contributed by atoms with van der Waals surface area (Å²) in [6, 6.07) is 6.95. The van der Waals surface area contributed by atoms with Gasteiger partial charge in [0.15, 0.2) is 0 Å². The Bertz CT molecular complexity index is 362. The number of benzene rings is 1. The topological polar surface area (TPSA) is 63.5 Å². The second-order valence-electron chi connectivity index (χ2n) is 3.33. The molecule has 0 heterocycles. The van der Waals surface area contributed by atoms with Crippen LogP contribution in [0.25, 0.3) is 0 Å². The molecule has 0 aliphatic rings. The van der Waals surface area contributed by atoms with Crippen LogP contribution in [0.3, 0.4) is 0 Å². The number of nitrogens with zero attached hydrogens (tertiary/aromatic N) is 2. The maximum atomic E-state index is 11.6. The van der Waals surface area contributed by atoms with E-state index in [1.165, 1.54) is 19.0 Å². The van der Waals surface area contributed by atoms with Crippen LogP contribution in [0.5, 0.6) is 0 Å². The predicted molar refractivity (Wildman–Crippen MR) is 54.9 cm³/mol. The van der Waals surface area contributed by atoms with Crippen molar-refractivity contribution in [2.24, 2.45) is 0 Å². The Hall–Kier alpha value is -1.91. The molecule has 1 atom stereocenters. The first-order valence-corrected chi connectivity index (χ1v) is 4.43. The Kier molecular flexibility index (Phi) is 3.38. The molecule has 0 aromatic heterocycles. The fourth-order valence-corrected chi connectivity index (χ4v) is 1.23. The second kappa shape index (κ2) is 4.54. The van der Waals surface area contributed by atoms with Crippen molar-refractivity contribution in [3.05, 3.63) is 46.0 Å². The van der Waals surface area contributed by atoms with Gasteiger partial charge in [-0.3, -0.25) is 14.9 Å². The van der Waals surface area contributed by atoms with Gasteiger partial charge >= 0.3 is 11.9 Å². The molecular formula is C10H12N2O3. The molecule has 5 nitrogen and oxygen atoms in total. The highest BCUT2D eigenvalue weighted by atomic mass is 16.6. The van der Waals surface area contributed by atoms with Crippen molar-refractivity contribution in [1.82, 2.24) is 4.90 Å². The standard InChI is InChI=1S/C10H12N2O3/c1-11(2)10(13)9(12(14)15)8-6-4-3-5-7-8/h3-7,9H,1-2H3. The molecular weight excluding hydrogens is 196 g/mol. The Morgan fingerprint density at radius 3 is 2.27 bits per heavy atom. The molecule has 1 amide bonds. The van der Waals surface area contributed by atoms with Crippen LogP contribution in [-0.4, -0.2) is 29.8 Å². The Balaban J connectivity index is 3.05. The van der Waals surface area contributed by atoms with Crippen LogP contribution in [0.1, 0.15) is 11.6 Å². The molecule has 5 heteroatoms. The minimum atomic E-state index is -1.30. The van der Waals surface area contributed by atoms with Crippen molar-refractivity contribution in [2.45, 2.75) is 6.04 Å². The lowest BCUT2D eigenvalue weighted by Gasteiger charge is -2.14. The van der Waals surface area contributed by atoms with Crippen LogP contribution in [0.4, 0.5) is 0 Å². The average molecular weight is 208 g/mol. The van der Waals surface area contributed by atoms with Gasteiger partial charge in [-0.05, 0) is 0 Å². The number of carbonyl (C=O) groups excluding carboxylic acids is 1. The zero-order valence-corrected chi connectivity index (χ0v) is 8.58. The van der Waals surface area contributed by atoms with Crippen LogP contribution in [0.15, 0.2) is 30.3 Å². The highest BCUT2D eigenvalue weighted by Crippen LogP contribution is 2.17. The SMILES string of the molecule is CN(C)C(=O)C(c1ccccc1)[N+](=O)[O-]. The summed E-state index contributed by atoms with van der Waals surface area (Å²) in [6.07, 6.45) is 0. The van der Waals surface area contributed by atoms with Crippen LogP contribution in [0, 0.1) is 10.1 Å². The first-order chi connectivity index (χ1) is 7.04. The molecule has 0 bridgehead atoms. The van der Waals surface area contributed by atoms with Crippen LogP contribution in [-0.2, 0) is 4.79 Å². The minimum absolute atomic E-state index is 0.404.